The second-order valence-electron chi connectivity index (χ2n) is 11.7. The van der Waals surface area contributed by atoms with Gasteiger partial charge in [0, 0.05) is 53.6 Å². The van der Waals surface area contributed by atoms with Gasteiger partial charge in [-0.25, -0.2) is 13.5 Å². The molecule has 2 aliphatic heterocycles. The molecule has 224 valence electrons. The fourth-order valence-corrected chi connectivity index (χ4v) is 7.96. The molecule has 1 N–H and O–H groups in total. The summed E-state index contributed by atoms with van der Waals surface area (Å²) in [5.41, 5.74) is -1.07. The minimum Gasteiger partial charge on any atom is -0.338 e. The van der Waals surface area contributed by atoms with Crippen LogP contribution in [0, 0.1) is 17.0 Å². The Hall–Kier alpha value is -4.81. The quantitative estimate of drug-likeness (QED) is 0.333. The number of carbonyl (C=O) groups excluding carboxylic acids is 2. The van der Waals surface area contributed by atoms with E-state index in [1.807, 2.05) is 4.90 Å². The average molecular weight is 607 g/mol. The van der Waals surface area contributed by atoms with E-state index in [9.17, 15) is 31.5 Å². The summed E-state index contributed by atoms with van der Waals surface area (Å²) in [5.74, 6) is -2.33. The number of rotatable bonds is 4. The number of likely N-dealkylation sites (tertiary alicyclic amines) is 1. The first-order chi connectivity index (χ1) is 21.1. The molecule has 4 atom stereocenters. The van der Waals surface area contributed by atoms with E-state index in [2.05, 4.69) is 15.4 Å². The first kappa shape index (κ1) is 26.8. The Bertz CT molecular complexity index is 1840. The maximum absolute atomic E-state index is 14.6. The molecule has 4 unspecified atom stereocenters. The molecule has 2 aromatic carbocycles. The molecule has 2 amide bonds. The molecule has 2 saturated carbocycles. The van der Waals surface area contributed by atoms with Crippen molar-refractivity contribution >= 4 is 17.5 Å². The van der Waals surface area contributed by atoms with Crippen LogP contribution in [0.25, 0.3) is 16.9 Å². The second-order valence-corrected chi connectivity index (χ2v) is 11.7. The van der Waals surface area contributed by atoms with E-state index in [0.29, 0.717) is 30.2 Å². The van der Waals surface area contributed by atoms with Crippen molar-refractivity contribution in [2.45, 2.75) is 43.1 Å². The van der Waals surface area contributed by atoms with Gasteiger partial charge in [-0.1, -0.05) is 0 Å². The number of hydrogen-bond donors (Lipinski definition) is 1. The number of hydrogen-bond acceptors (Lipinski definition) is 5. The average Bonchev–Trinajstić information content (AvgIpc) is 3.57. The molecule has 2 saturated heterocycles. The second kappa shape index (κ2) is 8.87. The van der Waals surface area contributed by atoms with E-state index < -0.39 is 28.5 Å². The fraction of sp³-hybridized carbons (Fsp3) is 0.290. The number of pyridine rings is 1. The number of alkyl halides is 3. The minimum absolute atomic E-state index is 0.00941. The predicted molar refractivity (Wildman–Crippen MR) is 146 cm³/mol. The summed E-state index contributed by atoms with van der Waals surface area (Å²) in [6, 6.07) is 12.9. The number of halogens is 5. The third-order valence-corrected chi connectivity index (χ3v) is 9.95. The van der Waals surface area contributed by atoms with Gasteiger partial charge in [-0.2, -0.15) is 18.3 Å². The molecule has 8 nitrogen and oxygen atoms in total. The topological polar surface area (TPSA) is 83.4 Å². The maximum Gasteiger partial charge on any atom is 0.419 e. The van der Waals surface area contributed by atoms with Gasteiger partial charge >= 0.3 is 6.18 Å². The van der Waals surface area contributed by atoms with Crippen LogP contribution in [-0.4, -0.2) is 55.8 Å². The molecular formula is C31H23F5N6O2. The number of piperidine rings is 2. The zero-order valence-electron chi connectivity index (χ0n) is 22.9. The Kier molecular flexibility index (Phi) is 5.40. The Morgan fingerprint density at radius 1 is 1.00 bits per heavy atom. The monoisotopic (exact) mass is 606 g/mol. The van der Waals surface area contributed by atoms with Gasteiger partial charge in [0.05, 0.1) is 23.6 Å². The molecule has 4 heterocycles. The van der Waals surface area contributed by atoms with Gasteiger partial charge in [0.25, 0.3) is 5.91 Å². The normalized spacial score (nSPS) is 26.8. The summed E-state index contributed by atoms with van der Waals surface area (Å²) in [5, 5.41) is 7.40. The molecule has 4 aromatic rings. The van der Waals surface area contributed by atoms with E-state index in [0.717, 1.165) is 24.2 Å². The lowest BCUT2D eigenvalue weighted by atomic mass is 9.34. The number of carbonyl (C=O) groups is 2. The smallest absolute Gasteiger partial charge is 0.338 e. The van der Waals surface area contributed by atoms with Gasteiger partial charge in [0.15, 0.2) is 5.69 Å². The molecule has 4 fully saturated rings. The molecule has 0 radical (unpaired) electrons. The van der Waals surface area contributed by atoms with Crippen molar-refractivity contribution in [3.8, 4) is 16.9 Å². The number of aromatic nitrogens is 3. The van der Waals surface area contributed by atoms with Gasteiger partial charge in [0.1, 0.15) is 17.2 Å². The Labute approximate surface area is 247 Å². The first-order valence-electron chi connectivity index (χ1n) is 14.1. The summed E-state index contributed by atoms with van der Waals surface area (Å²) >= 11 is 0. The highest BCUT2D eigenvalue weighted by molar-refractivity contribution is 6.01. The van der Waals surface area contributed by atoms with Crippen LogP contribution in [-0.2, 0) is 11.0 Å². The Morgan fingerprint density at radius 3 is 2.41 bits per heavy atom. The number of nitrogens with one attached hydrogen (secondary N) is 1. The highest BCUT2D eigenvalue weighted by atomic mass is 19.4. The lowest BCUT2D eigenvalue weighted by molar-refractivity contribution is -0.278. The van der Waals surface area contributed by atoms with Crippen molar-refractivity contribution in [1.82, 2.24) is 25.0 Å². The van der Waals surface area contributed by atoms with Crippen molar-refractivity contribution < 1.29 is 31.5 Å². The number of amides is 2. The first-order valence-corrected chi connectivity index (χ1v) is 14.1. The molecule has 44 heavy (non-hydrogen) atoms. The van der Waals surface area contributed by atoms with E-state index in [1.165, 1.54) is 29.1 Å². The lowest BCUT2D eigenvalue weighted by Crippen LogP contribution is -2.95. The highest BCUT2D eigenvalue weighted by Crippen LogP contribution is 2.75. The van der Waals surface area contributed by atoms with Gasteiger partial charge in [-0.05, 0) is 67.4 Å². The van der Waals surface area contributed by atoms with E-state index in [-0.39, 0.29) is 47.8 Å². The summed E-state index contributed by atoms with van der Waals surface area (Å²) < 4.78 is 69.1. The highest BCUT2D eigenvalue weighted by Gasteiger charge is 2.87. The number of anilines is 1. The third kappa shape index (κ3) is 3.32. The Morgan fingerprint density at radius 2 is 1.77 bits per heavy atom. The molecule has 0 bridgehead atoms. The molecule has 2 spiro atoms. The maximum atomic E-state index is 14.6. The molecule has 13 heteroatoms. The summed E-state index contributed by atoms with van der Waals surface area (Å²) in [4.78, 5) is 35.2. The van der Waals surface area contributed by atoms with Crippen molar-refractivity contribution in [2.24, 2.45) is 5.41 Å². The van der Waals surface area contributed by atoms with Gasteiger partial charge in [-0.15, -0.1) is 0 Å². The molecule has 4 aliphatic rings. The van der Waals surface area contributed by atoms with Crippen LogP contribution in [0.3, 0.4) is 0 Å². The van der Waals surface area contributed by atoms with Crippen LogP contribution in [0.5, 0.6) is 0 Å². The largest absolute Gasteiger partial charge is 0.419 e. The summed E-state index contributed by atoms with van der Waals surface area (Å²) in [6.45, 7) is 0.280. The van der Waals surface area contributed by atoms with Crippen LogP contribution < -0.4 is 10.2 Å². The number of benzene rings is 2. The van der Waals surface area contributed by atoms with Gasteiger partial charge in [0.2, 0.25) is 5.91 Å². The zero-order valence-corrected chi connectivity index (χ0v) is 22.9. The summed E-state index contributed by atoms with van der Waals surface area (Å²) in [7, 11) is 0. The van der Waals surface area contributed by atoms with E-state index in [4.69, 9.17) is 0 Å². The van der Waals surface area contributed by atoms with E-state index >= 15 is 0 Å². The van der Waals surface area contributed by atoms with Crippen LogP contribution >= 0.6 is 0 Å². The predicted octanol–water partition coefficient (Wildman–Crippen LogP) is 4.94. The standard InChI is InChI=1S/C31H23F5N6O2/c32-18-3-5-19(6-4-18)40-16-38-28(44)30(40)14-26-29(30)10-9-25(29)41(26)27(43)23-13-24(17-2-1-11-37-15-17)42(39-23)20-7-8-21(22(33)12-20)31(34,35)36/h1-8,11-13,15,25-26H,9-10,14,16H2,(H,38,44). The van der Waals surface area contributed by atoms with Crippen molar-refractivity contribution in [3.05, 3.63) is 95.9 Å². The van der Waals surface area contributed by atoms with Crippen molar-refractivity contribution in [1.29, 1.82) is 0 Å². The molecular weight excluding hydrogens is 583 g/mol. The zero-order chi connectivity index (χ0) is 30.6. The van der Waals surface area contributed by atoms with Crippen molar-refractivity contribution in [2.75, 3.05) is 11.6 Å². The third-order valence-electron chi connectivity index (χ3n) is 9.95. The fourth-order valence-electron chi connectivity index (χ4n) is 7.96. The lowest BCUT2D eigenvalue weighted by Gasteiger charge is -2.83. The number of nitrogens with zero attached hydrogens (tertiary/aromatic N) is 5. The van der Waals surface area contributed by atoms with Gasteiger partial charge in [-0.3, -0.25) is 14.6 Å². The molecule has 2 aliphatic carbocycles. The summed E-state index contributed by atoms with van der Waals surface area (Å²) in [6.07, 6.45) is 0.0206. The van der Waals surface area contributed by atoms with Crippen LogP contribution in [0.4, 0.5) is 27.6 Å². The minimum atomic E-state index is -4.87. The van der Waals surface area contributed by atoms with Crippen molar-refractivity contribution in [3.63, 3.8) is 0 Å². The van der Waals surface area contributed by atoms with E-state index in [1.54, 1.807) is 35.4 Å². The van der Waals surface area contributed by atoms with Crippen LogP contribution in [0.2, 0.25) is 0 Å². The molecule has 8 rings (SSSR count). The van der Waals surface area contributed by atoms with Crippen LogP contribution in [0.15, 0.2) is 73.1 Å². The molecule has 2 aromatic heterocycles. The SMILES string of the molecule is O=C(c1cc(-c2cccnc2)n(-c2ccc(C(F)(F)F)c(F)c2)n1)N1C2CCC23C1CC31C(=O)NCN1c1ccc(F)cc1. The van der Waals surface area contributed by atoms with Crippen LogP contribution in [0.1, 0.15) is 35.3 Å². The van der Waals surface area contributed by atoms with Gasteiger partial charge < -0.3 is 15.1 Å². The Balaban J connectivity index is 1.14.